The zero-order valence-corrected chi connectivity index (χ0v) is 10.3. The molecule has 0 amide bonds. The normalized spacial score (nSPS) is 13.4. The molecule has 2 rings (SSSR count). The molecule has 5 nitrogen and oxygen atoms in total. The lowest BCUT2D eigenvalue weighted by molar-refractivity contribution is -0.137. The summed E-state index contributed by atoms with van der Waals surface area (Å²) in [6.07, 6.45) is -4.13. The molecule has 0 bridgehead atoms. The standard InChI is InChI=1S/C12H12F3N3O2/c13-12(14,15)8-3-1-7(2-4-8)5-10-17-11(20-18-10)9(16)6-19/h1-4,9,19H,5-6,16H2/t9-/m0/s1. The summed E-state index contributed by atoms with van der Waals surface area (Å²) in [7, 11) is 0. The third-order valence-electron chi connectivity index (χ3n) is 2.64. The molecule has 1 atom stereocenters. The largest absolute Gasteiger partial charge is 0.416 e. The Morgan fingerprint density at radius 3 is 2.45 bits per heavy atom. The van der Waals surface area contributed by atoms with Gasteiger partial charge in [-0.3, -0.25) is 0 Å². The Morgan fingerprint density at radius 2 is 1.90 bits per heavy atom. The molecule has 1 aromatic carbocycles. The summed E-state index contributed by atoms with van der Waals surface area (Å²) >= 11 is 0. The summed E-state index contributed by atoms with van der Waals surface area (Å²) in [4.78, 5) is 3.96. The highest BCUT2D eigenvalue weighted by molar-refractivity contribution is 5.26. The number of benzene rings is 1. The van der Waals surface area contributed by atoms with E-state index < -0.39 is 17.8 Å². The topological polar surface area (TPSA) is 85.2 Å². The SMILES string of the molecule is N[C@@H](CO)c1nc(Cc2ccc(C(F)(F)F)cc2)no1. The number of aliphatic hydroxyl groups is 1. The van der Waals surface area contributed by atoms with E-state index in [-0.39, 0.29) is 18.9 Å². The predicted octanol–water partition coefficient (Wildman–Crippen LogP) is 1.67. The molecule has 3 N–H and O–H groups in total. The maximum atomic E-state index is 12.4. The van der Waals surface area contributed by atoms with Crippen LogP contribution >= 0.6 is 0 Å². The van der Waals surface area contributed by atoms with Gasteiger partial charge in [0.1, 0.15) is 6.04 Å². The van der Waals surface area contributed by atoms with Crippen LogP contribution in [-0.2, 0) is 12.6 Å². The van der Waals surface area contributed by atoms with Crippen molar-refractivity contribution in [3.8, 4) is 0 Å². The number of alkyl halides is 3. The fourth-order valence-corrected chi connectivity index (χ4v) is 1.56. The van der Waals surface area contributed by atoms with Crippen LogP contribution in [0.4, 0.5) is 13.2 Å². The second-order valence-electron chi connectivity index (χ2n) is 4.21. The molecule has 1 aromatic heterocycles. The minimum atomic E-state index is -4.36. The number of hydrogen-bond donors (Lipinski definition) is 2. The molecule has 0 radical (unpaired) electrons. The first-order valence-corrected chi connectivity index (χ1v) is 5.75. The highest BCUT2D eigenvalue weighted by Crippen LogP contribution is 2.29. The van der Waals surface area contributed by atoms with Crippen molar-refractivity contribution in [1.29, 1.82) is 0 Å². The Hall–Kier alpha value is -1.93. The van der Waals surface area contributed by atoms with E-state index in [4.69, 9.17) is 15.4 Å². The van der Waals surface area contributed by atoms with Gasteiger partial charge in [-0.25, -0.2) is 0 Å². The van der Waals surface area contributed by atoms with Gasteiger partial charge in [0.2, 0.25) is 5.89 Å². The molecular weight excluding hydrogens is 275 g/mol. The van der Waals surface area contributed by atoms with Gasteiger partial charge in [-0.05, 0) is 17.7 Å². The lowest BCUT2D eigenvalue weighted by Gasteiger charge is -2.06. The van der Waals surface area contributed by atoms with Crippen molar-refractivity contribution in [1.82, 2.24) is 10.1 Å². The minimum absolute atomic E-state index is 0.0920. The minimum Gasteiger partial charge on any atom is -0.394 e. The third kappa shape index (κ3) is 3.34. The fraction of sp³-hybridized carbons (Fsp3) is 0.333. The molecule has 0 saturated carbocycles. The molecule has 0 fully saturated rings. The number of aromatic nitrogens is 2. The van der Waals surface area contributed by atoms with E-state index in [1.807, 2.05) is 0 Å². The van der Waals surface area contributed by atoms with E-state index in [1.54, 1.807) is 0 Å². The van der Waals surface area contributed by atoms with Crippen molar-refractivity contribution in [2.45, 2.75) is 18.6 Å². The number of nitrogens with two attached hydrogens (primary N) is 1. The Bertz CT molecular complexity index is 566. The number of aliphatic hydroxyl groups excluding tert-OH is 1. The number of nitrogens with zero attached hydrogens (tertiary/aromatic N) is 2. The zero-order valence-electron chi connectivity index (χ0n) is 10.3. The second kappa shape index (κ2) is 5.59. The van der Waals surface area contributed by atoms with Crippen LogP contribution in [-0.4, -0.2) is 21.9 Å². The van der Waals surface area contributed by atoms with Crippen LogP contribution in [0, 0.1) is 0 Å². The van der Waals surface area contributed by atoms with Gasteiger partial charge < -0.3 is 15.4 Å². The lowest BCUT2D eigenvalue weighted by atomic mass is 10.1. The van der Waals surface area contributed by atoms with E-state index in [0.29, 0.717) is 11.4 Å². The average Bonchev–Trinajstić information content (AvgIpc) is 2.86. The van der Waals surface area contributed by atoms with E-state index in [9.17, 15) is 13.2 Å². The van der Waals surface area contributed by atoms with Gasteiger partial charge in [-0.2, -0.15) is 18.2 Å². The lowest BCUT2D eigenvalue weighted by Crippen LogP contribution is -2.14. The zero-order chi connectivity index (χ0) is 14.8. The number of hydrogen-bond acceptors (Lipinski definition) is 5. The summed E-state index contributed by atoms with van der Waals surface area (Å²) in [6, 6.07) is 3.94. The highest BCUT2D eigenvalue weighted by atomic mass is 19.4. The van der Waals surface area contributed by atoms with Crippen molar-refractivity contribution >= 4 is 0 Å². The molecule has 20 heavy (non-hydrogen) atoms. The first-order chi connectivity index (χ1) is 9.40. The van der Waals surface area contributed by atoms with Crippen LogP contribution in [0.2, 0.25) is 0 Å². The van der Waals surface area contributed by atoms with Gasteiger partial charge in [0.25, 0.3) is 0 Å². The maximum absolute atomic E-state index is 12.4. The van der Waals surface area contributed by atoms with E-state index in [0.717, 1.165) is 12.1 Å². The highest BCUT2D eigenvalue weighted by Gasteiger charge is 2.29. The fourth-order valence-electron chi connectivity index (χ4n) is 1.56. The van der Waals surface area contributed by atoms with Gasteiger partial charge in [-0.15, -0.1) is 0 Å². The number of rotatable bonds is 4. The molecule has 8 heteroatoms. The maximum Gasteiger partial charge on any atom is 0.416 e. The first-order valence-electron chi connectivity index (χ1n) is 5.75. The Labute approximate surface area is 112 Å². The van der Waals surface area contributed by atoms with Crippen LogP contribution in [0.1, 0.15) is 28.9 Å². The van der Waals surface area contributed by atoms with Crippen LogP contribution in [0.5, 0.6) is 0 Å². The van der Waals surface area contributed by atoms with Crippen LogP contribution in [0.25, 0.3) is 0 Å². The molecule has 0 unspecified atom stereocenters. The molecule has 0 aliphatic heterocycles. The molecular formula is C12H12F3N3O2. The molecule has 0 aliphatic rings. The predicted molar refractivity (Wildman–Crippen MR) is 62.6 cm³/mol. The average molecular weight is 287 g/mol. The van der Waals surface area contributed by atoms with Crippen LogP contribution in [0.15, 0.2) is 28.8 Å². The quantitative estimate of drug-likeness (QED) is 0.893. The van der Waals surface area contributed by atoms with Gasteiger partial charge >= 0.3 is 6.18 Å². The van der Waals surface area contributed by atoms with Gasteiger partial charge in [0, 0.05) is 6.42 Å². The van der Waals surface area contributed by atoms with Crippen molar-refractivity contribution < 1.29 is 22.8 Å². The molecule has 0 aliphatic carbocycles. The summed E-state index contributed by atoms with van der Waals surface area (Å²) in [5, 5.41) is 12.5. The molecule has 2 aromatic rings. The van der Waals surface area contributed by atoms with Gasteiger partial charge in [0.15, 0.2) is 5.82 Å². The Kier molecular flexibility index (Phi) is 4.05. The van der Waals surface area contributed by atoms with Crippen molar-refractivity contribution in [2.24, 2.45) is 5.73 Å². The van der Waals surface area contributed by atoms with Gasteiger partial charge in [-0.1, -0.05) is 17.3 Å². The second-order valence-corrected chi connectivity index (χ2v) is 4.21. The summed E-state index contributed by atoms with van der Waals surface area (Å²) < 4.78 is 42.0. The molecule has 1 heterocycles. The third-order valence-corrected chi connectivity index (χ3v) is 2.64. The Balaban J connectivity index is 2.08. The smallest absolute Gasteiger partial charge is 0.394 e. The van der Waals surface area contributed by atoms with Crippen molar-refractivity contribution in [2.75, 3.05) is 6.61 Å². The Morgan fingerprint density at radius 1 is 1.25 bits per heavy atom. The van der Waals surface area contributed by atoms with E-state index in [2.05, 4.69) is 10.1 Å². The van der Waals surface area contributed by atoms with Crippen molar-refractivity contribution in [3.05, 3.63) is 47.1 Å². The molecule has 108 valence electrons. The van der Waals surface area contributed by atoms with E-state index >= 15 is 0 Å². The summed E-state index contributed by atoms with van der Waals surface area (Å²) in [5.74, 6) is 0.387. The number of halogens is 3. The summed E-state index contributed by atoms with van der Waals surface area (Å²) in [5.41, 5.74) is 5.40. The van der Waals surface area contributed by atoms with Crippen LogP contribution < -0.4 is 5.73 Å². The van der Waals surface area contributed by atoms with Gasteiger partial charge in [0.05, 0.1) is 12.2 Å². The van der Waals surface area contributed by atoms with Crippen LogP contribution in [0.3, 0.4) is 0 Å². The summed E-state index contributed by atoms with van der Waals surface area (Å²) in [6.45, 7) is -0.331. The molecule has 0 saturated heterocycles. The van der Waals surface area contributed by atoms with Crippen molar-refractivity contribution in [3.63, 3.8) is 0 Å². The first kappa shape index (κ1) is 14.5. The van der Waals surface area contributed by atoms with E-state index in [1.165, 1.54) is 12.1 Å². The molecule has 0 spiro atoms. The monoisotopic (exact) mass is 287 g/mol.